The summed E-state index contributed by atoms with van der Waals surface area (Å²) in [5.41, 5.74) is 5.38. The van der Waals surface area contributed by atoms with Crippen molar-refractivity contribution in [3.05, 3.63) is 0 Å². The molecule has 0 saturated heterocycles. The fraction of sp³-hybridized carbons (Fsp3) is 0.778. The van der Waals surface area contributed by atoms with E-state index in [9.17, 15) is 13.2 Å². The quantitative estimate of drug-likeness (QED) is 0.720. The lowest BCUT2D eigenvalue weighted by Crippen LogP contribution is -2.56. The molecule has 2 atom stereocenters. The molecular weight excluding hydrogens is 221 g/mol. The molecule has 0 aromatic rings. The van der Waals surface area contributed by atoms with Crippen molar-refractivity contribution in [2.75, 3.05) is 13.1 Å². The van der Waals surface area contributed by atoms with Gasteiger partial charge in [-0.2, -0.15) is 23.7 Å². The largest absolute Gasteiger partial charge is 0.405 e. The van der Waals surface area contributed by atoms with Gasteiger partial charge in [-0.15, -0.1) is 0 Å². The number of alkyl halides is 3. The maximum Gasteiger partial charge on any atom is 0.405 e. The summed E-state index contributed by atoms with van der Waals surface area (Å²) in [4.78, 5) is 0.744. The molecule has 0 aromatic heterocycles. The molecular formula is C9H13F3N4. The van der Waals surface area contributed by atoms with E-state index in [1.54, 1.807) is 12.1 Å². The molecule has 16 heavy (non-hydrogen) atoms. The molecule has 0 aromatic carbocycles. The lowest BCUT2D eigenvalue weighted by molar-refractivity contribution is -0.186. The second-order valence-electron chi connectivity index (χ2n) is 3.28. The van der Waals surface area contributed by atoms with Gasteiger partial charge in [0.05, 0.1) is 25.2 Å². The van der Waals surface area contributed by atoms with Gasteiger partial charge in [0.25, 0.3) is 0 Å². The van der Waals surface area contributed by atoms with Gasteiger partial charge >= 0.3 is 6.18 Å². The van der Waals surface area contributed by atoms with Gasteiger partial charge in [-0.3, -0.25) is 4.90 Å². The molecule has 0 amide bonds. The Balaban J connectivity index is 4.99. The Kier molecular flexibility index (Phi) is 5.79. The Morgan fingerprint density at radius 2 is 1.69 bits per heavy atom. The summed E-state index contributed by atoms with van der Waals surface area (Å²) in [5, 5.41) is 16.8. The van der Waals surface area contributed by atoms with E-state index in [2.05, 4.69) is 0 Å². The minimum atomic E-state index is -4.54. The summed E-state index contributed by atoms with van der Waals surface area (Å²) in [6, 6.07) is 0.122. The zero-order valence-electron chi connectivity index (χ0n) is 8.83. The fourth-order valence-electron chi connectivity index (χ4n) is 1.38. The first-order chi connectivity index (χ1) is 7.38. The molecule has 0 heterocycles. The maximum atomic E-state index is 12.7. The van der Waals surface area contributed by atoms with Gasteiger partial charge in [0, 0.05) is 6.04 Å². The van der Waals surface area contributed by atoms with Crippen LogP contribution in [0, 0.1) is 22.7 Å². The summed E-state index contributed by atoms with van der Waals surface area (Å²) < 4.78 is 38.1. The Labute approximate surface area is 92.0 Å². The van der Waals surface area contributed by atoms with Gasteiger partial charge in [0.2, 0.25) is 0 Å². The minimum absolute atomic E-state index is 0.123. The Hall–Kier alpha value is -1.31. The van der Waals surface area contributed by atoms with Crippen molar-refractivity contribution in [1.82, 2.24) is 4.90 Å². The van der Waals surface area contributed by atoms with Crippen LogP contribution in [0.2, 0.25) is 0 Å². The first kappa shape index (κ1) is 14.7. The minimum Gasteiger partial charge on any atom is -0.326 e. The van der Waals surface area contributed by atoms with Crippen LogP contribution >= 0.6 is 0 Å². The highest BCUT2D eigenvalue weighted by Gasteiger charge is 2.46. The van der Waals surface area contributed by atoms with Gasteiger partial charge < -0.3 is 5.73 Å². The number of hydrogen-bond donors (Lipinski definition) is 1. The molecule has 0 saturated carbocycles. The molecule has 0 radical (unpaired) electrons. The van der Waals surface area contributed by atoms with E-state index in [1.807, 2.05) is 0 Å². The van der Waals surface area contributed by atoms with Crippen LogP contribution in [0.4, 0.5) is 13.2 Å². The third kappa shape index (κ3) is 4.05. The zero-order valence-corrected chi connectivity index (χ0v) is 8.83. The highest BCUT2D eigenvalue weighted by molar-refractivity contribution is 4.95. The van der Waals surface area contributed by atoms with Crippen molar-refractivity contribution in [3.63, 3.8) is 0 Å². The molecule has 7 heteroatoms. The lowest BCUT2D eigenvalue weighted by Gasteiger charge is -2.33. The molecule has 90 valence electrons. The first-order valence-corrected chi connectivity index (χ1v) is 4.68. The van der Waals surface area contributed by atoms with Crippen LogP contribution in [0.5, 0.6) is 0 Å². The van der Waals surface area contributed by atoms with E-state index in [4.69, 9.17) is 16.3 Å². The zero-order chi connectivity index (χ0) is 12.8. The molecule has 0 bridgehead atoms. The summed E-state index contributed by atoms with van der Waals surface area (Å²) >= 11 is 0. The van der Waals surface area contributed by atoms with Crippen molar-refractivity contribution in [2.45, 2.75) is 31.6 Å². The van der Waals surface area contributed by atoms with Gasteiger partial charge in [-0.1, -0.05) is 6.92 Å². The third-order valence-corrected chi connectivity index (χ3v) is 2.15. The SMILES string of the molecule is CCC(N)C(N(CC#N)CC#N)C(F)(F)F. The van der Waals surface area contributed by atoms with E-state index >= 15 is 0 Å². The average Bonchev–Trinajstić information content (AvgIpc) is 2.16. The molecule has 0 aliphatic carbocycles. The highest BCUT2D eigenvalue weighted by Crippen LogP contribution is 2.27. The highest BCUT2D eigenvalue weighted by atomic mass is 19.4. The molecule has 0 aliphatic heterocycles. The predicted octanol–water partition coefficient (Wildman–Crippen LogP) is 1.00. The predicted molar refractivity (Wildman–Crippen MR) is 50.9 cm³/mol. The van der Waals surface area contributed by atoms with Crippen molar-refractivity contribution in [1.29, 1.82) is 10.5 Å². The van der Waals surface area contributed by atoms with E-state index in [0.29, 0.717) is 0 Å². The van der Waals surface area contributed by atoms with Crippen molar-refractivity contribution in [3.8, 4) is 12.1 Å². The van der Waals surface area contributed by atoms with E-state index in [0.717, 1.165) is 4.90 Å². The van der Waals surface area contributed by atoms with Crippen LogP contribution in [0.3, 0.4) is 0 Å². The lowest BCUT2D eigenvalue weighted by atomic mass is 10.0. The van der Waals surface area contributed by atoms with Gasteiger partial charge in [0.15, 0.2) is 0 Å². The van der Waals surface area contributed by atoms with E-state index < -0.39 is 31.3 Å². The second-order valence-corrected chi connectivity index (χ2v) is 3.28. The molecule has 2 unspecified atom stereocenters. The van der Waals surface area contributed by atoms with Crippen molar-refractivity contribution < 1.29 is 13.2 Å². The summed E-state index contributed by atoms with van der Waals surface area (Å²) in [6.07, 6.45) is -4.42. The van der Waals surface area contributed by atoms with Crippen LogP contribution in [0.1, 0.15) is 13.3 Å². The normalized spacial score (nSPS) is 15.2. The van der Waals surface area contributed by atoms with Crippen LogP contribution < -0.4 is 5.73 Å². The number of halogens is 3. The maximum absolute atomic E-state index is 12.7. The van der Waals surface area contributed by atoms with Crippen LogP contribution in [-0.2, 0) is 0 Å². The number of nitrogens with two attached hydrogens (primary N) is 1. The molecule has 0 spiro atoms. The monoisotopic (exact) mass is 234 g/mol. The van der Waals surface area contributed by atoms with Gasteiger partial charge in [-0.05, 0) is 6.42 Å². The van der Waals surface area contributed by atoms with Crippen LogP contribution in [0.25, 0.3) is 0 Å². The number of nitriles is 2. The summed E-state index contributed by atoms with van der Waals surface area (Å²) in [7, 11) is 0. The van der Waals surface area contributed by atoms with E-state index in [-0.39, 0.29) is 6.42 Å². The standard InChI is InChI=1S/C9H13F3N4/c1-2-7(15)8(9(10,11)12)16(5-3-13)6-4-14/h7-8H,2,5-6,15H2,1H3. The first-order valence-electron chi connectivity index (χ1n) is 4.68. The van der Waals surface area contributed by atoms with Crippen molar-refractivity contribution >= 4 is 0 Å². The van der Waals surface area contributed by atoms with Crippen molar-refractivity contribution in [2.24, 2.45) is 5.73 Å². The molecule has 2 N–H and O–H groups in total. The fourth-order valence-corrected chi connectivity index (χ4v) is 1.38. The van der Waals surface area contributed by atoms with Gasteiger partial charge in [-0.25, -0.2) is 0 Å². The average molecular weight is 234 g/mol. The van der Waals surface area contributed by atoms with Gasteiger partial charge in [0.1, 0.15) is 6.04 Å². The van der Waals surface area contributed by atoms with E-state index in [1.165, 1.54) is 6.92 Å². The molecule has 0 aliphatic rings. The Morgan fingerprint density at radius 1 is 1.25 bits per heavy atom. The number of nitrogens with zero attached hydrogens (tertiary/aromatic N) is 3. The topological polar surface area (TPSA) is 76.8 Å². The Bertz CT molecular complexity index is 273. The number of hydrogen-bond acceptors (Lipinski definition) is 4. The molecule has 4 nitrogen and oxygen atoms in total. The Morgan fingerprint density at radius 3 is 1.94 bits per heavy atom. The second kappa shape index (κ2) is 6.31. The summed E-state index contributed by atoms with van der Waals surface area (Å²) in [5.74, 6) is 0. The van der Waals surface area contributed by atoms with Crippen LogP contribution in [-0.4, -0.2) is 36.2 Å². The molecule has 0 rings (SSSR count). The summed E-state index contributed by atoms with van der Waals surface area (Å²) in [6.45, 7) is 0.594. The number of rotatable bonds is 5. The molecule has 0 fully saturated rings. The third-order valence-electron chi connectivity index (χ3n) is 2.15. The smallest absolute Gasteiger partial charge is 0.326 e. The van der Waals surface area contributed by atoms with Crippen LogP contribution in [0.15, 0.2) is 0 Å².